The summed E-state index contributed by atoms with van der Waals surface area (Å²) in [7, 11) is 0. The molecule has 1 radical (unpaired) electrons. The van der Waals surface area contributed by atoms with Crippen molar-refractivity contribution in [2.24, 2.45) is 4.99 Å². The van der Waals surface area contributed by atoms with Gasteiger partial charge in [0.1, 0.15) is 11.6 Å². The van der Waals surface area contributed by atoms with Gasteiger partial charge in [0.05, 0.1) is 11.4 Å². The lowest BCUT2D eigenvalue weighted by molar-refractivity contribution is -0.117. The number of ketones is 1. The molecule has 2 aromatic carbocycles. The topological polar surface area (TPSA) is 43.5 Å². The first kappa shape index (κ1) is 15.2. The zero-order chi connectivity index (χ0) is 16.1. The van der Waals surface area contributed by atoms with E-state index in [-0.39, 0.29) is 5.78 Å². The van der Waals surface area contributed by atoms with Crippen LogP contribution in [0.2, 0.25) is 0 Å². The average Bonchev–Trinajstić information content (AvgIpc) is 3.00. The summed E-state index contributed by atoms with van der Waals surface area (Å²) in [5, 5.41) is 4.73. The van der Waals surface area contributed by atoms with Crippen LogP contribution in [0.25, 0.3) is 11.4 Å². The molecule has 3 rings (SSSR count). The molecule has 0 spiro atoms. The first-order valence-electron chi connectivity index (χ1n) is 7.88. The second-order valence-electron chi connectivity index (χ2n) is 5.62. The minimum absolute atomic E-state index is 0.211. The highest BCUT2D eigenvalue weighted by Crippen LogP contribution is 2.31. The maximum absolute atomic E-state index is 11.1. The first-order valence-corrected chi connectivity index (χ1v) is 7.88. The number of aliphatic imine (C=N–C) groups is 1. The van der Waals surface area contributed by atoms with E-state index in [0.29, 0.717) is 6.42 Å². The molecule has 2 aromatic rings. The van der Waals surface area contributed by atoms with Crippen LogP contribution < -0.4 is 5.32 Å². The smallest absolute Gasteiger partial charge is 0.129 e. The molecule has 0 aliphatic carbocycles. The Bertz CT molecular complexity index is 746. The van der Waals surface area contributed by atoms with Crippen LogP contribution in [0.3, 0.4) is 0 Å². The number of benzene rings is 2. The monoisotopic (exact) mass is 303 g/mol. The molecular weight excluding hydrogens is 284 g/mol. The van der Waals surface area contributed by atoms with Gasteiger partial charge in [0.15, 0.2) is 0 Å². The lowest BCUT2D eigenvalue weighted by Crippen LogP contribution is -2.10. The molecule has 23 heavy (non-hydrogen) atoms. The maximum atomic E-state index is 11.1. The van der Waals surface area contributed by atoms with Gasteiger partial charge in [-0.1, -0.05) is 60.7 Å². The van der Waals surface area contributed by atoms with Gasteiger partial charge in [0, 0.05) is 24.0 Å². The van der Waals surface area contributed by atoms with Crippen LogP contribution in [0.5, 0.6) is 0 Å². The number of amidine groups is 1. The Morgan fingerprint density at radius 3 is 2.00 bits per heavy atom. The third kappa shape index (κ3) is 3.75. The molecule has 0 amide bonds. The van der Waals surface area contributed by atoms with Gasteiger partial charge in [-0.2, -0.15) is 0 Å². The van der Waals surface area contributed by atoms with E-state index in [0.717, 1.165) is 41.2 Å². The van der Waals surface area contributed by atoms with E-state index in [9.17, 15) is 4.79 Å². The second-order valence-corrected chi connectivity index (χ2v) is 5.62. The van der Waals surface area contributed by atoms with Crippen molar-refractivity contribution in [3.63, 3.8) is 0 Å². The molecule has 0 saturated heterocycles. The Morgan fingerprint density at radius 1 is 0.870 bits per heavy atom. The zero-order valence-corrected chi connectivity index (χ0v) is 13.2. The molecule has 0 unspecified atom stereocenters. The van der Waals surface area contributed by atoms with Crippen LogP contribution in [-0.4, -0.2) is 11.6 Å². The molecule has 115 valence electrons. The molecule has 1 heterocycles. The fourth-order valence-corrected chi connectivity index (χ4v) is 2.59. The molecule has 0 atom stereocenters. The molecular formula is C20H19N2O. The second kappa shape index (κ2) is 7.05. The van der Waals surface area contributed by atoms with Crippen molar-refractivity contribution in [1.82, 2.24) is 5.32 Å². The fraction of sp³-hybridized carbons (Fsp3) is 0.200. The minimum atomic E-state index is 0.211. The molecule has 3 nitrogen and oxygen atoms in total. The van der Waals surface area contributed by atoms with E-state index in [2.05, 4.69) is 24.3 Å². The standard InChI is InChI=1S/C20H19N2O/c1-15(23)9-8-14-18-21-19(16-10-4-2-5-11-16)20(22-18)17-12-6-3-7-13-17/h2-7,10-13H,8-9,14H2,1H3. The van der Waals surface area contributed by atoms with Gasteiger partial charge in [-0.15, -0.1) is 0 Å². The number of carbonyl (C=O) groups excluding carboxylic acids is 1. The quantitative estimate of drug-likeness (QED) is 0.785. The van der Waals surface area contributed by atoms with Gasteiger partial charge in [0.25, 0.3) is 0 Å². The van der Waals surface area contributed by atoms with Gasteiger partial charge in [-0.25, -0.2) is 10.3 Å². The number of carbonyl (C=O) groups is 1. The SMILES string of the molecule is CC(=O)CCCC1=NC(c2ccccc2)=C(c2ccccc2)[N]1. The van der Waals surface area contributed by atoms with Crippen LogP contribution in [-0.2, 0) is 4.79 Å². The Balaban J connectivity index is 1.88. The van der Waals surface area contributed by atoms with Crippen molar-refractivity contribution < 1.29 is 4.79 Å². The molecule has 0 aromatic heterocycles. The van der Waals surface area contributed by atoms with E-state index in [1.807, 2.05) is 36.4 Å². The molecule has 0 fully saturated rings. The first-order chi connectivity index (χ1) is 11.2. The van der Waals surface area contributed by atoms with Crippen molar-refractivity contribution in [1.29, 1.82) is 0 Å². The number of nitrogens with zero attached hydrogens (tertiary/aromatic N) is 2. The van der Waals surface area contributed by atoms with Gasteiger partial charge in [-0.3, -0.25) is 0 Å². The van der Waals surface area contributed by atoms with Crippen molar-refractivity contribution in [2.75, 3.05) is 0 Å². The number of rotatable bonds is 6. The Labute approximate surface area is 136 Å². The van der Waals surface area contributed by atoms with Gasteiger partial charge in [-0.05, 0) is 13.3 Å². The number of hydrogen-bond donors (Lipinski definition) is 0. The van der Waals surface area contributed by atoms with Crippen molar-refractivity contribution in [3.8, 4) is 0 Å². The average molecular weight is 303 g/mol. The fourth-order valence-electron chi connectivity index (χ4n) is 2.59. The summed E-state index contributed by atoms with van der Waals surface area (Å²) in [5.74, 6) is 1.02. The lowest BCUT2D eigenvalue weighted by atomic mass is 10.1. The normalized spacial score (nSPS) is 13.7. The minimum Gasteiger partial charge on any atom is -0.300 e. The maximum Gasteiger partial charge on any atom is 0.129 e. The molecule has 1 aliphatic heterocycles. The highest BCUT2D eigenvalue weighted by atomic mass is 16.1. The summed E-state index contributed by atoms with van der Waals surface area (Å²) in [6.07, 6.45) is 2.10. The van der Waals surface area contributed by atoms with E-state index in [1.165, 1.54) is 0 Å². The highest BCUT2D eigenvalue weighted by molar-refractivity contribution is 6.07. The molecule has 0 saturated carbocycles. The van der Waals surface area contributed by atoms with Crippen LogP contribution >= 0.6 is 0 Å². The van der Waals surface area contributed by atoms with Gasteiger partial charge >= 0.3 is 0 Å². The third-order valence-electron chi connectivity index (χ3n) is 3.73. The highest BCUT2D eigenvalue weighted by Gasteiger charge is 2.21. The Kier molecular flexibility index (Phi) is 4.67. The van der Waals surface area contributed by atoms with Gasteiger partial charge in [0.2, 0.25) is 0 Å². The number of Topliss-reactive ketones (excluding diaryl/α,β-unsaturated/α-hetero) is 1. The predicted octanol–water partition coefficient (Wildman–Crippen LogP) is 4.29. The summed E-state index contributed by atoms with van der Waals surface area (Å²) >= 11 is 0. The summed E-state index contributed by atoms with van der Waals surface area (Å²) in [5.41, 5.74) is 3.96. The summed E-state index contributed by atoms with van der Waals surface area (Å²) in [6, 6.07) is 20.2. The van der Waals surface area contributed by atoms with E-state index >= 15 is 0 Å². The molecule has 1 aliphatic rings. The molecule has 0 N–H and O–H groups in total. The summed E-state index contributed by atoms with van der Waals surface area (Å²) < 4.78 is 0. The van der Waals surface area contributed by atoms with E-state index in [4.69, 9.17) is 10.3 Å². The Morgan fingerprint density at radius 2 is 1.43 bits per heavy atom. The third-order valence-corrected chi connectivity index (χ3v) is 3.73. The van der Waals surface area contributed by atoms with Crippen molar-refractivity contribution >= 4 is 23.0 Å². The zero-order valence-electron chi connectivity index (χ0n) is 13.2. The van der Waals surface area contributed by atoms with E-state index < -0.39 is 0 Å². The van der Waals surface area contributed by atoms with Crippen molar-refractivity contribution in [3.05, 3.63) is 71.8 Å². The molecule has 0 bridgehead atoms. The summed E-state index contributed by atoms with van der Waals surface area (Å²) in [4.78, 5) is 15.8. The predicted molar refractivity (Wildman–Crippen MR) is 93.8 cm³/mol. The number of hydrogen-bond acceptors (Lipinski definition) is 2. The van der Waals surface area contributed by atoms with Crippen LogP contribution in [0.15, 0.2) is 65.7 Å². The van der Waals surface area contributed by atoms with Gasteiger partial charge < -0.3 is 4.79 Å². The van der Waals surface area contributed by atoms with Crippen LogP contribution in [0.4, 0.5) is 0 Å². The Hall–Kier alpha value is -2.68. The van der Waals surface area contributed by atoms with Crippen molar-refractivity contribution in [2.45, 2.75) is 26.2 Å². The molecule has 3 heteroatoms. The summed E-state index contributed by atoms with van der Waals surface area (Å²) in [6.45, 7) is 1.62. The lowest BCUT2D eigenvalue weighted by Gasteiger charge is -2.05. The van der Waals surface area contributed by atoms with E-state index in [1.54, 1.807) is 6.92 Å². The largest absolute Gasteiger partial charge is 0.300 e. The van der Waals surface area contributed by atoms with Crippen LogP contribution in [0.1, 0.15) is 37.3 Å². The van der Waals surface area contributed by atoms with Crippen LogP contribution in [0, 0.1) is 0 Å².